The molecule has 0 aliphatic carbocycles. The molecule has 2 aromatic carbocycles. The van der Waals surface area contributed by atoms with Gasteiger partial charge >= 0.3 is 0 Å². The van der Waals surface area contributed by atoms with E-state index >= 15 is 0 Å². The lowest BCUT2D eigenvalue weighted by Gasteiger charge is -2.18. The van der Waals surface area contributed by atoms with Crippen LogP contribution in [-0.2, 0) is 12.8 Å². The lowest BCUT2D eigenvalue weighted by atomic mass is 9.88. The Kier molecular flexibility index (Phi) is 10.1. The van der Waals surface area contributed by atoms with Gasteiger partial charge < -0.3 is 5.32 Å². The van der Waals surface area contributed by atoms with E-state index in [4.69, 9.17) is 15.1 Å². The van der Waals surface area contributed by atoms with Crippen LogP contribution < -0.4 is 5.32 Å². The number of benzene rings is 2. The molecule has 0 amide bonds. The smallest absolute Gasteiger partial charge is 0.201 e. The fraction of sp³-hybridized carbons (Fsp3) is 0.459. The van der Waals surface area contributed by atoms with Gasteiger partial charge in [-0.05, 0) is 72.1 Å². The molecule has 0 saturated carbocycles. The molecule has 0 unspecified atom stereocenters. The Morgan fingerprint density at radius 2 is 1.19 bits per heavy atom. The van der Waals surface area contributed by atoms with Crippen molar-refractivity contribution in [1.82, 2.24) is 20.2 Å². The average Bonchev–Trinajstić information content (AvgIpc) is 2.94. The van der Waals surface area contributed by atoms with Crippen molar-refractivity contribution < 1.29 is 0 Å². The number of nitrogens with zero attached hydrogens (tertiary/aromatic N) is 4. The maximum atomic E-state index is 5.08. The fourth-order valence-corrected chi connectivity index (χ4v) is 4.67. The molecule has 4 aromatic rings. The Morgan fingerprint density at radius 1 is 0.643 bits per heavy atom. The Morgan fingerprint density at radius 3 is 1.71 bits per heavy atom. The van der Waals surface area contributed by atoms with E-state index in [0.29, 0.717) is 28.3 Å². The zero-order valence-corrected chi connectivity index (χ0v) is 27.0. The molecule has 0 spiro atoms. The number of hydrogen-bond donors (Lipinski definition) is 1. The molecular formula is C37H49N5. The second-order valence-corrected chi connectivity index (χ2v) is 14.4. The number of rotatable bonds is 11. The van der Waals surface area contributed by atoms with Gasteiger partial charge in [-0.25, -0.2) is 9.97 Å². The summed E-state index contributed by atoms with van der Waals surface area (Å²) in [5, 5.41) is 12.8. The summed E-state index contributed by atoms with van der Waals surface area (Å²) < 4.78 is 0. The molecule has 2 heterocycles. The highest BCUT2D eigenvalue weighted by Gasteiger charge is 2.17. The van der Waals surface area contributed by atoms with Crippen LogP contribution in [0, 0.1) is 16.7 Å². The summed E-state index contributed by atoms with van der Waals surface area (Å²) in [7, 11) is 0. The lowest BCUT2D eigenvalue weighted by Crippen LogP contribution is -2.07. The Labute approximate surface area is 253 Å². The van der Waals surface area contributed by atoms with Crippen LogP contribution in [0.4, 0.5) is 5.82 Å². The van der Waals surface area contributed by atoms with Gasteiger partial charge in [0.1, 0.15) is 22.9 Å². The van der Waals surface area contributed by atoms with Crippen LogP contribution in [0.15, 0.2) is 66.7 Å². The van der Waals surface area contributed by atoms with E-state index in [2.05, 4.69) is 114 Å². The largest absolute Gasteiger partial charge is 0.370 e. The van der Waals surface area contributed by atoms with E-state index in [-0.39, 0.29) is 0 Å². The van der Waals surface area contributed by atoms with Crippen LogP contribution in [-0.4, -0.2) is 26.7 Å². The minimum atomic E-state index is 0.307. The minimum absolute atomic E-state index is 0.307. The fourth-order valence-electron chi connectivity index (χ4n) is 4.67. The third-order valence-corrected chi connectivity index (χ3v) is 7.47. The van der Waals surface area contributed by atoms with Gasteiger partial charge in [0.2, 0.25) is 5.82 Å². The van der Waals surface area contributed by atoms with E-state index in [1.54, 1.807) is 0 Å². The second-order valence-electron chi connectivity index (χ2n) is 14.4. The van der Waals surface area contributed by atoms with Crippen LogP contribution in [0.25, 0.3) is 34.0 Å². The molecule has 222 valence electrons. The van der Waals surface area contributed by atoms with Crippen molar-refractivity contribution in [3.05, 3.63) is 77.9 Å². The van der Waals surface area contributed by atoms with E-state index < -0.39 is 0 Å². The van der Waals surface area contributed by atoms with Gasteiger partial charge in [0.25, 0.3) is 0 Å². The Hall–Kier alpha value is -3.60. The summed E-state index contributed by atoms with van der Waals surface area (Å²) in [4.78, 5) is 9.90. The van der Waals surface area contributed by atoms with E-state index in [1.807, 2.05) is 18.2 Å². The molecule has 42 heavy (non-hydrogen) atoms. The lowest BCUT2D eigenvalue weighted by molar-refractivity contribution is 0.378. The molecule has 0 fully saturated rings. The standard InChI is InChI=1S/C37H49N5/c1-26(2)22-25-38-32-11-9-10-31(39-32)35-40-33(29-16-12-27(13-17-29)20-23-36(3,4)5)34(41-42-35)30-18-14-28(15-19-30)21-24-37(6,7)8/h9-19,26H,20-25H2,1-8H3,(H,38,39). The van der Waals surface area contributed by atoms with Crippen LogP contribution in [0.5, 0.6) is 0 Å². The van der Waals surface area contributed by atoms with E-state index in [1.165, 1.54) is 11.1 Å². The zero-order chi connectivity index (χ0) is 30.3. The van der Waals surface area contributed by atoms with Gasteiger partial charge in [0.15, 0.2) is 0 Å². The van der Waals surface area contributed by atoms with E-state index in [0.717, 1.165) is 67.0 Å². The molecule has 5 heteroatoms. The van der Waals surface area contributed by atoms with Gasteiger partial charge in [0.05, 0.1) is 0 Å². The topological polar surface area (TPSA) is 63.6 Å². The first kappa shape index (κ1) is 31.3. The van der Waals surface area contributed by atoms with Crippen LogP contribution >= 0.6 is 0 Å². The SMILES string of the molecule is CC(C)CCNc1cccc(-c2nnc(-c3ccc(CCC(C)(C)C)cc3)c(-c3ccc(CCC(C)(C)C)cc3)n2)n1. The van der Waals surface area contributed by atoms with Crippen molar-refractivity contribution in [1.29, 1.82) is 0 Å². The Balaban J connectivity index is 1.67. The first-order valence-corrected chi connectivity index (χ1v) is 15.5. The first-order valence-electron chi connectivity index (χ1n) is 15.5. The summed E-state index contributed by atoms with van der Waals surface area (Å²) in [6, 6.07) is 23.5. The highest BCUT2D eigenvalue weighted by atomic mass is 15.2. The van der Waals surface area contributed by atoms with Crippen molar-refractivity contribution >= 4 is 5.82 Å². The quantitative estimate of drug-likeness (QED) is 0.197. The van der Waals surface area contributed by atoms with Gasteiger partial charge in [-0.1, -0.05) is 110 Å². The molecule has 0 aliphatic heterocycles. The van der Waals surface area contributed by atoms with Crippen LogP contribution in [0.2, 0.25) is 0 Å². The number of nitrogens with one attached hydrogen (secondary N) is 1. The Bertz CT molecular complexity index is 1430. The third kappa shape index (κ3) is 9.47. The van der Waals surface area contributed by atoms with Crippen molar-refractivity contribution in [2.75, 3.05) is 11.9 Å². The highest BCUT2D eigenvalue weighted by molar-refractivity contribution is 5.78. The summed E-state index contributed by atoms with van der Waals surface area (Å²) in [6.07, 6.45) is 5.49. The van der Waals surface area contributed by atoms with Crippen LogP contribution in [0.3, 0.4) is 0 Å². The number of pyridine rings is 1. The molecule has 4 rings (SSSR count). The average molecular weight is 564 g/mol. The van der Waals surface area contributed by atoms with Gasteiger partial charge in [-0.15, -0.1) is 10.2 Å². The monoisotopic (exact) mass is 563 g/mol. The molecule has 0 aliphatic rings. The molecule has 2 aromatic heterocycles. The van der Waals surface area contributed by atoms with Gasteiger partial charge in [0, 0.05) is 17.7 Å². The molecular weight excluding hydrogens is 514 g/mol. The molecule has 0 atom stereocenters. The number of aromatic nitrogens is 4. The van der Waals surface area contributed by atoms with Gasteiger partial charge in [-0.2, -0.15) is 0 Å². The van der Waals surface area contributed by atoms with Gasteiger partial charge in [-0.3, -0.25) is 0 Å². The maximum absolute atomic E-state index is 5.08. The zero-order valence-electron chi connectivity index (χ0n) is 27.0. The second kappa shape index (κ2) is 13.6. The highest BCUT2D eigenvalue weighted by Crippen LogP contribution is 2.32. The number of anilines is 1. The van der Waals surface area contributed by atoms with Crippen molar-refractivity contribution in [3.8, 4) is 34.0 Å². The predicted molar refractivity (Wildman–Crippen MR) is 177 cm³/mol. The maximum Gasteiger partial charge on any atom is 0.201 e. The third-order valence-electron chi connectivity index (χ3n) is 7.47. The normalized spacial score (nSPS) is 12.1. The summed E-state index contributed by atoms with van der Waals surface area (Å²) in [5.74, 6) is 1.99. The molecule has 5 nitrogen and oxygen atoms in total. The molecule has 0 radical (unpaired) electrons. The summed E-state index contributed by atoms with van der Waals surface area (Å²) >= 11 is 0. The first-order chi connectivity index (χ1) is 19.9. The summed E-state index contributed by atoms with van der Waals surface area (Å²) in [6.45, 7) is 19.1. The summed E-state index contributed by atoms with van der Waals surface area (Å²) in [5.41, 5.74) is 7.66. The van der Waals surface area contributed by atoms with Crippen LogP contribution in [0.1, 0.15) is 85.8 Å². The number of hydrogen-bond acceptors (Lipinski definition) is 5. The predicted octanol–water partition coefficient (Wildman–Crippen LogP) is 9.68. The molecule has 1 N–H and O–H groups in total. The van der Waals surface area contributed by atoms with Crippen molar-refractivity contribution in [2.24, 2.45) is 16.7 Å². The minimum Gasteiger partial charge on any atom is -0.370 e. The number of aryl methyl sites for hydroxylation is 2. The molecule has 0 bridgehead atoms. The molecule has 0 saturated heterocycles. The van der Waals surface area contributed by atoms with Crippen molar-refractivity contribution in [3.63, 3.8) is 0 Å². The van der Waals surface area contributed by atoms with E-state index in [9.17, 15) is 0 Å². The van der Waals surface area contributed by atoms with Crippen molar-refractivity contribution in [2.45, 2.75) is 87.5 Å².